The first kappa shape index (κ1) is 13.4. The normalized spacial score (nSPS) is 16.0. The summed E-state index contributed by atoms with van der Waals surface area (Å²) in [6, 6.07) is 14.6. The van der Waals surface area contributed by atoms with E-state index in [0.29, 0.717) is 28.2 Å². The van der Waals surface area contributed by atoms with Crippen molar-refractivity contribution >= 4 is 28.9 Å². The molecule has 0 radical (unpaired) electrons. The zero-order valence-electron chi connectivity index (χ0n) is 10.9. The summed E-state index contributed by atoms with van der Waals surface area (Å²) >= 11 is 6.06. The van der Waals surface area contributed by atoms with E-state index in [0.717, 1.165) is 5.56 Å². The van der Waals surface area contributed by atoms with Crippen molar-refractivity contribution in [2.24, 2.45) is 4.99 Å². The number of amides is 1. The number of anilines is 1. The van der Waals surface area contributed by atoms with Crippen molar-refractivity contribution in [3.8, 4) is 0 Å². The zero-order valence-corrected chi connectivity index (χ0v) is 11.6. The first-order valence-electron chi connectivity index (χ1n) is 6.29. The van der Waals surface area contributed by atoms with Crippen molar-refractivity contribution in [3.05, 3.63) is 76.6 Å². The molecular weight excluding hydrogens is 288 g/mol. The van der Waals surface area contributed by atoms with Gasteiger partial charge in [0.1, 0.15) is 6.26 Å². The molecule has 5 heteroatoms. The maximum atomic E-state index is 12.0. The lowest BCUT2D eigenvalue weighted by atomic mass is 10.0. The van der Waals surface area contributed by atoms with Gasteiger partial charge in [0.2, 0.25) is 0 Å². The number of carbonyl (C=O) groups excluding carboxylic acids is 1. The third kappa shape index (κ3) is 2.53. The van der Waals surface area contributed by atoms with Gasteiger partial charge in [0, 0.05) is 16.1 Å². The summed E-state index contributed by atoms with van der Waals surface area (Å²) in [5.74, 6) is -0.466. The summed E-state index contributed by atoms with van der Waals surface area (Å²) in [5.41, 5.74) is 2.66. The molecule has 0 atom stereocenters. The molecule has 0 saturated carbocycles. The van der Waals surface area contributed by atoms with Gasteiger partial charge in [0.15, 0.2) is 5.70 Å². The van der Waals surface area contributed by atoms with E-state index in [4.69, 9.17) is 11.6 Å². The predicted octanol–water partition coefficient (Wildman–Crippen LogP) is 3.53. The summed E-state index contributed by atoms with van der Waals surface area (Å²) in [4.78, 5) is 16.3. The van der Waals surface area contributed by atoms with Crippen LogP contribution in [-0.4, -0.2) is 16.7 Å². The number of carbonyl (C=O) groups is 1. The summed E-state index contributed by atoms with van der Waals surface area (Å²) in [6.45, 7) is 0. The van der Waals surface area contributed by atoms with Crippen molar-refractivity contribution in [3.63, 3.8) is 0 Å². The van der Waals surface area contributed by atoms with Crippen molar-refractivity contribution in [2.45, 2.75) is 0 Å². The highest BCUT2D eigenvalue weighted by atomic mass is 35.5. The van der Waals surface area contributed by atoms with E-state index in [9.17, 15) is 9.90 Å². The monoisotopic (exact) mass is 298 g/mol. The van der Waals surface area contributed by atoms with Gasteiger partial charge in [0.25, 0.3) is 5.91 Å². The number of benzodiazepines with no additional fused rings is 1. The minimum absolute atomic E-state index is 0.0545. The lowest BCUT2D eigenvalue weighted by molar-refractivity contribution is -0.112. The molecule has 0 fully saturated rings. The first-order valence-corrected chi connectivity index (χ1v) is 6.66. The Morgan fingerprint density at radius 2 is 1.90 bits per heavy atom. The number of aliphatic hydroxyl groups is 1. The Morgan fingerprint density at radius 1 is 1.14 bits per heavy atom. The van der Waals surface area contributed by atoms with Crippen LogP contribution in [0.4, 0.5) is 5.69 Å². The van der Waals surface area contributed by atoms with E-state index in [1.54, 1.807) is 18.2 Å². The number of aliphatic hydroxyl groups excluding tert-OH is 1. The van der Waals surface area contributed by atoms with Crippen LogP contribution in [0, 0.1) is 0 Å². The maximum absolute atomic E-state index is 12.0. The molecular formula is C16H11ClN2O2. The standard InChI is InChI=1S/C16H11ClN2O2/c17-11-6-7-13-12(8-11)15(10-4-2-1-3-5-10)18-14(9-20)16(21)19-13/h1-9,20H,(H,19,21). The maximum Gasteiger partial charge on any atom is 0.277 e. The van der Waals surface area contributed by atoms with Gasteiger partial charge in [-0.05, 0) is 18.2 Å². The molecule has 1 aliphatic rings. The average molecular weight is 299 g/mol. The molecule has 21 heavy (non-hydrogen) atoms. The summed E-state index contributed by atoms with van der Waals surface area (Å²) < 4.78 is 0. The molecule has 2 N–H and O–H groups in total. The Hall–Kier alpha value is -2.59. The SMILES string of the molecule is O=C1Nc2ccc(Cl)cc2C(c2ccccc2)=NC1=CO. The Labute approximate surface area is 126 Å². The second-order valence-electron chi connectivity index (χ2n) is 4.48. The van der Waals surface area contributed by atoms with Crippen molar-refractivity contribution in [1.29, 1.82) is 0 Å². The summed E-state index contributed by atoms with van der Waals surface area (Å²) in [6.07, 6.45) is 0.700. The van der Waals surface area contributed by atoms with Gasteiger partial charge in [-0.3, -0.25) is 4.79 Å². The Kier molecular flexibility index (Phi) is 3.46. The van der Waals surface area contributed by atoms with Crippen molar-refractivity contribution in [2.75, 3.05) is 5.32 Å². The summed E-state index contributed by atoms with van der Waals surface area (Å²) in [5, 5.41) is 12.5. The van der Waals surface area contributed by atoms with Crippen LogP contribution in [0.25, 0.3) is 0 Å². The smallest absolute Gasteiger partial charge is 0.277 e. The van der Waals surface area contributed by atoms with E-state index in [1.807, 2.05) is 30.3 Å². The van der Waals surface area contributed by atoms with E-state index in [1.165, 1.54) is 0 Å². The quantitative estimate of drug-likeness (QED) is 0.625. The fourth-order valence-corrected chi connectivity index (χ4v) is 2.31. The second kappa shape index (κ2) is 5.42. The van der Waals surface area contributed by atoms with Crippen LogP contribution < -0.4 is 5.32 Å². The average Bonchev–Trinajstić information content (AvgIpc) is 2.64. The van der Waals surface area contributed by atoms with Crippen LogP contribution >= 0.6 is 11.6 Å². The van der Waals surface area contributed by atoms with E-state index in [2.05, 4.69) is 10.3 Å². The highest BCUT2D eigenvalue weighted by molar-refractivity contribution is 6.32. The molecule has 0 aliphatic carbocycles. The van der Waals surface area contributed by atoms with Gasteiger partial charge in [-0.25, -0.2) is 4.99 Å². The van der Waals surface area contributed by atoms with Crippen LogP contribution in [0.3, 0.4) is 0 Å². The molecule has 0 spiro atoms. The minimum atomic E-state index is -0.466. The number of halogens is 1. The van der Waals surface area contributed by atoms with Gasteiger partial charge < -0.3 is 10.4 Å². The molecule has 3 rings (SSSR count). The topological polar surface area (TPSA) is 61.7 Å². The third-order valence-electron chi connectivity index (χ3n) is 3.12. The van der Waals surface area contributed by atoms with Crippen LogP contribution in [-0.2, 0) is 4.79 Å². The third-order valence-corrected chi connectivity index (χ3v) is 3.35. The predicted molar refractivity (Wildman–Crippen MR) is 82.9 cm³/mol. The zero-order chi connectivity index (χ0) is 14.8. The number of nitrogens with one attached hydrogen (secondary N) is 1. The number of nitrogens with zero attached hydrogens (tertiary/aromatic N) is 1. The molecule has 1 amide bonds. The molecule has 1 heterocycles. The van der Waals surface area contributed by atoms with E-state index < -0.39 is 5.91 Å². The number of rotatable bonds is 1. The van der Waals surface area contributed by atoms with Crippen LogP contribution in [0.5, 0.6) is 0 Å². The Balaban J connectivity index is 2.28. The first-order chi connectivity index (χ1) is 10.2. The van der Waals surface area contributed by atoms with Crippen LogP contribution in [0.2, 0.25) is 5.02 Å². The number of hydrogen-bond donors (Lipinski definition) is 2. The van der Waals surface area contributed by atoms with Gasteiger partial charge in [0.05, 0.1) is 11.4 Å². The Morgan fingerprint density at radius 3 is 2.62 bits per heavy atom. The molecule has 104 valence electrons. The molecule has 0 unspecified atom stereocenters. The fourth-order valence-electron chi connectivity index (χ4n) is 2.14. The molecule has 0 aromatic heterocycles. The molecule has 2 aromatic rings. The Bertz CT molecular complexity index is 767. The van der Waals surface area contributed by atoms with Crippen molar-refractivity contribution < 1.29 is 9.90 Å². The van der Waals surface area contributed by atoms with E-state index >= 15 is 0 Å². The highest BCUT2D eigenvalue weighted by Gasteiger charge is 2.21. The number of hydrogen-bond acceptors (Lipinski definition) is 3. The molecule has 1 aliphatic heterocycles. The fraction of sp³-hybridized carbons (Fsp3) is 0. The van der Waals surface area contributed by atoms with Gasteiger partial charge >= 0.3 is 0 Å². The minimum Gasteiger partial charge on any atom is -0.513 e. The largest absolute Gasteiger partial charge is 0.513 e. The highest BCUT2D eigenvalue weighted by Crippen LogP contribution is 2.27. The van der Waals surface area contributed by atoms with Gasteiger partial charge in [-0.15, -0.1) is 0 Å². The van der Waals surface area contributed by atoms with Crippen LogP contribution in [0.15, 0.2) is 65.5 Å². The molecule has 0 saturated heterocycles. The van der Waals surface area contributed by atoms with Gasteiger partial charge in [-0.1, -0.05) is 41.9 Å². The number of fused-ring (bicyclic) bond motifs is 1. The van der Waals surface area contributed by atoms with Gasteiger partial charge in [-0.2, -0.15) is 0 Å². The van der Waals surface area contributed by atoms with E-state index in [-0.39, 0.29) is 5.70 Å². The van der Waals surface area contributed by atoms with Crippen molar-refractivity contribution in [1.82, 2.24) is 0 Å². The lowest BCUT2D eigenvalue weighted by Gasteiger charge is -2.09. The molecule has 0 bridgehead atoms. The number of benzene rings is 2. The second-order valence-corrected chi connectivity index (χ2v) is 4.92. The molecule has 2 aromatic carbocycles. The lowest BCUT2D eigenvalue weighted by Crippen LogP contribution is -2.12. The molecule has 4 nitrogen and oxygen atoms in total. The summed E-state index contributed by atoms with van der Waals surface area (Å²) in [7, 11) is 0. The van der Waals surface area contributed by atoms with Crippen LogP contribution in [0.1, 0.15) is 11.1 Å². The number of aliphatic imine (C=N–C) groups is 1.